The molecule has 0 atom stereocenters. The summed E-state index contributed by atoms with van der Waals surface area (Å²) in [5.74, 6) is -0.106. The maximum absolute atomic E-state index is 11.1. The molecule has 100 valence electrons. The largest absolute Gasteiger partial charge is 0.435 e. The maximum Gasteiger partial charge on any atom is 0.310 e. The fourth-order valence-electron chi connectivity index (χ4n) is 1.78. The monoisotopic (exact) mass is 240 g/mol. The Balaban J connectivity index is 3.10. The number of hydrogen-bond acceptors (Lipinski definition) is 2. The Morgan fingerprint density at radius 1 is 0.941 bits per heavy atom. The Labute approximate surface area is 106 Å². The SMILES string of the molecule is C/C=C\OC(=O)CCCCCCCCCCC. The van der Waals surface area contributed by atoms with Crippen LogP contribution in [0.2, 0.25) is 0 Å². The number of unbranched alkanes of at least 4 members (excludes halogenated alkanes) is 8. The van der Waals surface area contributed by atoms with E-state index in [1.807, 2.05) is 6.92 Å². The van der Waals surface area contributed by atoms with E-state index in [2.05, 4.69) is 6.92 Å². The van der Waals surface area contributed by atoms with Crippen LogP contribution in [0.15, 0.2) is 12.3 Å². The second kappa shape index (κ2) is 13.3. The number of carbonyl (C=O) groups is 1. The van der Waals surface area contributed by atoms with Gasteiger partial charge in [-0.1, -0.05) is 64.4 Å². The Morgan fingerprint density at radius 3 is 2.00 bits per heavy atom. The molecule has 0 aliphatic rings. The van der Waals surface area contributed by atoms with Gasteiger partial charge in [-0.05, 0) is 13.3 Å². The lowest BCUT2D eigenvalue weighted by molar-refractivity contribution is -0.138. The van der Waals surface area contributed by atoms with E-state index in [0.717, 1.165) is 12.8 Å². The van der Waals surface area contributed by atoms with E-state index in [1.165, 1.54) is 51.2 Å². The second-order valence-electron chi connectivity index (χ2n) is 4.54. The molecule has 2 nitrogen and oxygen atoms in total. The van der Waals surface area contributed by atoms with Gasteiger partial charge in [0.2, 0.25) is 0 Å². The van der Waals surface area contributed by atoms with Crippen molar-refractivity contribution in [2.45, 2.75) is 78.1 Å². The van der Waals surface area contributed by atoms with E-state index < -0.39 is 0 Å². The fraction of sp³-hybridized carbons (Fsp3) is 0.800. The number of allylic oxidation sites excluding steroid dienone is 1. The smallest absolute Gasteiger partial charge is 0.310 e. The first-order valence-electron chi connectivity index (χ1n) is 7.12. The predicted octanol–water partition coefficient (Wildman–Crippen LogP) is 4.98. The minimum absolute atomic E-state index is 0.106. The van der Waals surface area contributed by atoms with Crippen molar-refractivity contribution in [3.63, 3.8) is 0 Å². The van der Waals surface area contributed by atoms with Crippen LogP contribution >= 0.6 is 0 Å². The highest BCUT2D eigenvalue weighted by atomic mass is 16.5. The Hall–Kier alpha value is -0.790. The Bertz CT molecular complexity index is 197. The number of esters is 1. The molecule has 0 fully saturated rings. The Morgan fingerprint density at radius 2 is 1.47 bits per heavy atom. The molecule has 0 aromatic heterocycles. The standard InChI is InChI=1S/C15H28O2/c1-3-5-6-7-8-9-10-11-12-13-15(16)17-14-4-2/h4,14H,3,5-13H2,1-2H3/b14-4-. The van der Waals surface area contributed by atoms with E-state index in [4.69, 9.17) is 4.74 Å². The topological polar surface area (TPSA) is 26.3 Å². The molecular formula is C15H28O2. The van der Waals surface area contributed by atoms with Crippen LogP contribution in [0.25, 0.3) is 0 Å². The fourth-order valence-corrected chi connectivity index (χ4v) is 1.78. The van der Waals surface area contributed by atoms with Crippen LogP contribution in [0.3, 0.4) is 0 Å². The molecule has 0 heterocycles. The summed E-state index contributed by atoms with van der Waals surface area (Å²) in [7, 11) is 0. The summed E-state index contributed by atoms with van der Waals surface area (Å²) in [5, 5.41) is 0. The minimum atomic E-state index is -0.106. The molecule has 0 bridgehead atoms. The van der Waals surface area contributed by atoms with Gasteiger partial charge in [-0.2, -0.15) is 0 Å². The van der Waals surface area contributed by atoms with Crippen molar-refractivity contribution in [3.8, 4) is 0 Å². The van der Waals surface area contributed by atoms with E-state index in [-0.39, 0.29) is 5.97 Å². The molecule has 0 aromatic rings. The third kappa shape index (κ3) is 13.1. The molecule has 2 heteroatoms. The zero-order valence-electron chi connectivity index (χ0n) is 11.5. The van der Waals surface area contributed by atoms with E-state index in [0.29, 0.717) is 6.42 Å². The summed E-state index contributed by atoms with van der Waals surface area (Å²) in [5.41, 5.74) is 0. The lowest BCUT2D eigenvalue weighted by Crippen LogP contribution is -1.98. The lowest BCUT2D eigenvalue weighted by atomic mass is 10.1. The van der Waals surface area contributed by atoms with Crippen molar-refractivity contribution in [1.82, 2.24) is 0 Å². The molecule has 0 saturated heterocycles. The zero-order valence-corrected chi connectivity index (χ0v) is 11.5. The number of hydrogen-bond donors (Lipinski definition) is 0. The summed E-state index contributed by atoms with van der Waals surface area (Å²) < 4.78 is 4.84. The molecule has 0 aliphatic heterocycles. The first kappa shape index (κ1) is 16.2. The van der Waals surface area contributed by atoms with Gasteiger partial charge in [0.05, 0.1) is 6.26 Å². The van der Waals surface area contributed by atoms with Crippen LogP contribution in [0.5, 0.6) is 0 Å². The third-order valence-corrected chi connectivity index (χ3v) is 2.82. The van der Waals surface area contributed by atoms with Crippen LogP contribution in [0.4, 0.5) is 0 Å². The lowest BCUT2D eigenvalue weighted by Gasteiger charge is -2.01. The highest BCUT2D eigenvalue weighted by Crippen LogP contribution is 2.10. The molecule has 17 heavy (non-hydrogen) atoms. The number of rotatable bonds is 11. The van der Waals surface area contributed by atoms with Gasteiger partial charge in [-0.3, -0.25) is 4.79 Å². The molecule has 0 N–H and O–H groups in total. The molecule has 0 spiro atoms. The molecule has 0 radical (unpaired) electrons. The van der Waals surface area contributed by atoms with Crippen LogP contribution in [0.1, 0.15) is 78.1 Å². The van der Waals surface area contributed by atoms with Crippen LogP contribution in [-0.4, -0.2) is 5.97 Å². The van der Waals surface area contributed by atoms with Crippen molar-refractivity contribution in [2.24, 2.45) is 0 Å². The number of carbonyl (C=O) groups excluding carboxylic acids is 1. The van der Waals surface area contributed by atoms with Crippen LogP contribution in [0, 0.1) is 0 Å². The van der Waals surface area contributed by atoms with Gasteiger partial charge in [-0.25, -0.2) is 0 Å². The van der Waals surface area contributed by atoms with Crippen molar-refractivity contribution >= 4 is 5.97 Å². The summed E-state index contributed by atoms with van der Waals surface area (Å²) in [6, 6.07) is 0. The minimum Gasteiger partial charge on any atom is -0.435 e. The molecule has 0 aromatic carbocycles. The predicted molar refractivity (Wildman–Crippen MR) is 72.8 cm³/mol. The summed E-state index contributed by atoms with van der Waals surface area (Å²) in [6.07, 6.45) is 15.2. The summed E-state index contributed by atoms with van der Waals surface area (Å²) in [6.45, 7) is 4.08. The van der Waals surface area contributed by atoms with Crippen LogP contribution < -0.4 is 0 Å². The van der Waals surface area contributed by atoms with E-state index in [9.17, 15) is 4.79 Å². The van der Waals surface area contributed by atoms with Gasteiger partial charge < -0.3 is 4.74 Å². The van der Waals surface area contributed by atoms with E-state index >= 15 is 0 Å². The molecule has 0 unspecified atom stereocenters. The van der Waals surface area contributed by atoms with Gasteiger partial charge in [-0.15, -0.1) is 0 Å². The first-order chi connectivity index (χ1) is 8.31. The first-order valence-corrected chi connectivity index (χ1v) is 7.12. The average Bonchev–Trinajstić information content (AvgIpc) is 2.34. The van der Waals surface area contributed by atoms with Gasteiger partial charge in [0.15, 0.2) is 0 Å². The summed E-state index contributed by atoms with van der Waals surface area (Å²) >= 11 is 0. The highest BCUT2D eigenvalue weighted by Gasteiger charge is 1.99. The van der Waals surface area contributed by atoms with Crippen molar-refractivity contribution in [2.75, 3.05) is 0 Å². The summed E-state index contributed by atoms with van der Waals surface area (Å²) in [4.78, 5) is 11.1. The molecule has 0 saturated carbocycles. The number of ether oxygens (including phenoxy) is 1. The van der Waals surface area contributed by atoms with Crippen molar-refractivity contribution in [1.29, 1.82) is 0 Å². The van der Waals surface area contributed by atoms with Crippen molar-refractivity contribution in [3.05, 3.63) is 12.3 Å². The molecule has 0 aliphatic carbocycles. The average molecular weight is 240 g/mol. The van der Waals surface area contributed by atoms with Gasteiger partial charge in [0.1, 0.15) is 0 Å². The van der Waals surface area contributed by atoms with E-state index in [1.54, 1.807) is 6.08 Å². The van der Waals surface area contributed by atoms with Gasteiger partial charge >= 0.3 is 5.97 Å². The normalized spacial score (nSPS) is 10.9. The maximum atomic E-state index is 11.1. The molecule has 0 amide bonds. The van der Waals surface area contributed by atoms with Crippen LogP contribution in [-0.2, 0) is 9.53 Å². The second-order valence-corrected chi connectivity index (χ2v) is 4.54. The third-order valence-electron chi connectivity index (χ3n) is 2.82. The molecular weight excluding hydrogens is 212 g/mol. The Kier molecular flexibility index (Phi) is 12.7. The zero-order chi connectivity index (χ0) is 12.8. The highest BCUT2D eigenvalue weighted by molar-refractivity contribution is 5.69. The van der Waals surface area contributed by atoms with Crippen molar-refractivity contribution < 1.29 is 9.53 Å². The van der Waals surface area contributed by atoms with Gasteiger partial charge in [0.25, 0.3) is 0 Å². The quantitative estimate of drug-likeness (QED) is 0.289. The van der Waals surface area contributed by atoms with Gasteiger partial charge in [0, 0.05) is 6.42 Å². The molecule has 0 rings (SSSR count).